The van der Waals surface area contributed by atoms with Gasteiger partial charge in [-0.25, -0.2) is 0 Å². The number of aryl methyl sites for hydroxylation is 2. The van der Waals surface area contributed by atoms with Gasteiger partial charge in [0.1, 0.15) is 0 Å². The first-order chi connectivity index (χ1) is 7.65. The van der Waals surface area contributed by atoms with Crippen LogP contribution in [-0.2, 0) is 0 Å². The van der Waals surface area contributed by atoms with Gasteiger partial charge in [-0.2, -0.15) is 0 Å². The van der Waals surface area contributed by atoms with Crippen LogP contribution in [0, 0.1) is 13.8 Å². The molecule has 0 saturated carbocycles. The first kappa shape index (κ1) is 9.05. The van der Waals surface area contributed by atoms with Gasteiger partial charge >= 0.3 is 0 Å². The Kier molecular flexibility index (Phi) is 2.74. The highest BCUT2D eigenvalue weighted by atomic mass is 32.2. The Labute approximate surface area is 96.7 Å². The largest absolute Gasteiger partial charge is 0.0901 e. The van der Waals surface area contributed by atoms with Crippen molar-refractivity contribution in [2.24, 2.45) is 0 Å². The highest BCUT2D eigenvalue weighted by Crippen LogP contribution is 2.28. The average molecular weight is 215 g/mol. The molecule has 2 aromatic rings. The second-order valence-electron chi connectivity index (χ2n) is 3.58. The molecule has 0 amide bonds. The van der Waals surface area contributed by atoms with E-state index in [9.17, 15) is 0 Å². The Bertz CT molecular complexity index is 489. The van der Waals surface area contributed by atoms with Crippen LogP contribution in [-0.4, -0.2) is 0 Å². The third-order valence-electron chi connectivity index (χ3n) is 2.40. The van der Waals surface area contributed by atoms with Gasteiger partial charge in [0.2, 0.25) is 0 Å². The highest BCUT2D eigenvalue weighted by Gasteiger charge is 1.98. The van der Waals surface area contributed by atoms with Gasteiger partial charge in [-0.3, -0.25) is 0 Å². The van der Waals surface area contributed by atoms with Crippen LogP contribution in [0.15, 0.2) is 58.3 Å². The van der Waals surface area contributed by atoms with Crippen molar-refractivity contribution in [2.75, 3.05) is 0 Å². The van der Waals surface area contributed by atoms with Gasteiger partial charge < -0.3 is 0 Å². The molecular formula is C14H14S. The van der Waals surface area contributed by atoms with Crippen molar-refractivity contribution < 1.29 is 1.37 Å². The van der Waals surface area contributed by atoms with Crippen LogP contribution < -0.4 is 0 Å². The summed E-state index contributed by atoms with van der Waals surface area (Å²) < 4.78 is 7.42. The predicted octanol–water partition coefficient (Wildman–Crippen LogP) is 4.45. The summed E-state index contributed by atoms with van der Waals surface area (Å²) in [4.78, 5) is 2.43. The number of hydrogen-bond acceptors (Lipinski definition) is 1. The second kappa shape index (κ2) is 4.54. The highest BCUT2D eigenvalue weighted by molar-refractivity contribution is 7.99. The lowest BCUT2D eigenvalue weighted by Gasteiger charge is -2.04. The Morgan fingerprint density at radius 2 is 1.67 bits per heavy atom. The van der Waals surface area contributed by atoms with Crippen molar-refractivity contribution in [3.8, 4) is 0 Å². The van der Waals surface area contributed by atoms with Gasteiger partial charge in [0.25, 0.3) is 0 Å². The topological polar surface area (TPSA) is 0 Å². The summed E-state index contributed by atoms with van der Waals surface area (Å²) in [7, 11) is 0. The molecule has 76 valence electrons. The molecule has 0 saturated heterocycles. The van der Waals surface area contributed by atoms with Crippen LogP contribution in [0.4, 0.5) is 0 Å². The van der Waals surface area contributed by atoms with Gasteiger partial charge in [0.15, 0.2) is 0 Å². The minimum atomic E-state index is 0.560. The maximum Gasteiger partial charge on any atom is 0.0623 e. The molecule has 2 rings (SSSR count). The Morgan fingerprint density at radius 1 is 0.933 bits per heavy atom. The normalized spacial score (nSPS) is 11.2. The summed E-state index contributed by atoms with van der Waals surface area (Å²) in [6.45, 7) is 4.25. The van der Waals surface area contributed by atoms with E-state index in [0.29, 0.717) is 6.04 Å². The number of rotatable bonds is 2. The summed E-state index contributed by atoms with van der Waals surface area (Å²) in [5, 5.41) is 0. The second-order valence-corrected chi connectivity index (χ2v) is 4.73. The molecule has 0 aliphatic carbocycles. The minimum absolute atomic E-state index is 0.560. The number of benzene rings is 2. The predicted molar refractivity (Wildman–Crippen MR) is 66.5 cm³/mol. The quantitative estimate of drug-likeness (QED) is 0.713. The molecule has 0 nitrogen and oxygen atoms in total. The van der Waals surface area contributed by atoms with Gasteiger partial charge in [-0.1, -0.05) is 36.0 Å². The molecule has 0 bridgehead atoms. The molecule has 2 aromatic carbocycles. The van der Waals surface area contributed by atoms with Crippen LogP contribution in [0.1, 0.15) is 12.5 Å². The molecular weight excluding hydrogens is 200 g/mol. The summed E-state index contributed by atoms with van der Waals surface area (Å²) >= 11 is 1.74. The van der Waals surface area contributed by atoms with E-state index in [4.69, 9.17) is 1.37 Å². The molecule has 0 unspecified atom stereocenters. The van der Waals surface area contributed by atoms with Gasteiger partial charge in [-0.05, 0) is 49.2 Å². The minimum Gasteiger partial charge on any atom is -0.0901 e. The summed E-state index contributed by atoms with van der Waals surface area (Å²) in [6, 6.07) is 14.7. The fourth-order valence-corrected chi connectivity index (χ4v) is 2.27. The van der Waals surface area contributed by atoms with Crippen molar-refractivity contribution in [1.29, 1.82) is 0 Å². The summed E-state index contributed by atoms with van der Waals surface area (Å²) in [5.41, 5.74) is 2.65. The maximum atomic E-state index is 7.42. The molecule has 0 heterocycles. The number of hydrogen-bond donors (Lipinski definition) is 0. The average Bonchev–Trinajstić information content (AvgIpc) is 2.27. The van der Waals surface area contributed by atoms with E-state index in [1.54, 1.807) is 11.8 Å². The summed E-state index contributed by atoms with van der Waals surface area (Å²) in [6.07, 6.45) is 0. The van der Waals surface area contributed by atoms with E-state index in [-0.39, 0.29) is 0 Å². The van der Waals surface area contributed by atoms with E-state index < -0.39 is 0 Å². The molecule has 0 aromatic heterocycles. The SMILES string of the molecule is [2H]c1ccc(Sc2ccc(C)c(C)c2)cc1. The van der Waals surface area contributed by atoms with E-state index in [1.165, 1.54) is 20.9 Å². The molecule has 15 heavy (non-hydrogen) atoms. The van der Waals surface area contributed by atoms with E-state index in [0.717, 1.165) is 0 Å². The zero-order valence-corrected chi connectivity index (χ0v) is 9.77. The Morgan fingerprint density at radius 3 is 2.33 bits per heavy atom. The van der Waals surface area contributed by atoms with Crippen molar-refractivity contribution >= 4 is 11.8 Å². The van der Waals surface area contributed by atoms with Gasteiger partial charge in [0.05, 0.1) is 1.37 Å². The molecule has 0 fully saturated rings. The van der Waals surface area contributed by atoms with Crippen LogP contribution in [0.25, 0.3) is 0 Å². The molecule has 0 atom stereocenters. The van der Waals surface area contributed by atoms with E-state index >= 15 is 0 Å². The van der Waals surface area contributed by atoms with E-state index in [1.807, 2.05) is 24.3 Å². The molecule has 0 N–H and O–H groups in total. The fraction of sp³-hybridized carbons (Fsp3) is 0.143. The fourth-order valence-electron chi connectivity index (χ4n) is 1.35. The lowest BCUT2D eigenvalue weighted by molar-refractivity contribution is 1.27. The van der Waals surface area contributed by atoms with Crippen molar-refractivity contribution in [3.63, 3.8) is 0 Å². The Balaban J connectivity index is 2.20. The van der Waals surface area contributed by atoms with E-state index in [2.05, 4.69) is 32.0 Å². The first-order valence-corrected chi connectivity index (χ1v) is 5.78. The van der Waals surface area contributed by atoms with Crippen LogP contribution in [0.3, 0.4) is 0 Å². The third kappa shape index (κ3) is 2.63. The summed E-state index contributed by atoms with van der Waals surface area (Å²) in [5.74, 6) is 0. The molecule has 0 aliphatic heterocycles. The van der Waals surface area contributed by atoms with Crippen LogP contribution in [0.2, 0.25) is 0 Å². The smallest absolute Gasteiger partial charge is 0.0623 e. The van der Waals surface area contributed by atoms with Crippen molar-refractivity contribution in [1.82, 2.24) is 0 Å². The molecule has 0 radical (unpaired) electrons. The zero-order valence-electron chi connectivity index (χ0n) is 9.95. The first-order valence-electron chi connectivity index (χ1n) is 5.47. The monoisotopic (exact) mass is 215 g/mol. The Hall–Kier alpha value is -1.21. The van der Waals surface area contributed by atoms with Crippen molar-refractivity contribution in [3.05, 3.63) is 59.6 Å². The third-order valence-corrected chi connectivity index (χ3v) is 3.40. The molecule has 0 spiro atoms. The zero-order chi connectivity index (χ0) is 11.5. The molecule has 0 aliphatic rings. The van der Waals surface area contributed by atoms with Gasteiger partial charge in [0, 0.05) is 9.79 Å². The lowest BCUT2D eigenvalue weighted by Crippen LogP contribution is -1.80. The van der Waals surface area contributed by atoms with Crippen molar-refractivity contribution in [2.45, 2.75) is 23.6 Å². The molecule has 1 heteroatoms. The lowest BCUT2D eigenvalue weighted by atomic mass is 10.1. The van der Waals surface area contributed by atoms with Gasteiger partial charge in [-0.15, -0.1) is 0 Å². The van der Waals surface area contributed by atoms with Crippen LogP contribution >= 0.6 is 11.8 Å². The standard InChI is InChI=1S/C14H14S/c1-11-8-9-14(10-12(11)2)15-13-6-4-3-5-7-13/h3-10H,1-2H3/i3D. The maximum absolute atomic E-state index is 7.42. The van der Waals surface area contributed by atoms with Crippen LogP contribution in [0.5, 0.6) is 0 Å².